The number of rotatable bonds is 2. The molecule has 0 unspecified atom stereocenters. The maximum absolute atomic E-state index is 11.1. The molecule has 1 aromatic heterocycles. The summed E-state index contributed by atoms with van der Waals surface area (Å²) in [4.78, 5) is 11.1. The molecule has 0 fully saturated rings. The van der Waals surface area contributed by atoms with Gasteiger partial charge in [-0.1, -0.05) is 28.1 Å². The third kappa shape index (κ3) is 1.93. The summed E-state index contributed by atoms with van der Waals surface area (Å²) in [6.45, 7) is 0.536. The number of nitrogens with one attached hydrogen (secondary N) is 1. The van der Waals surface area contributed by atoms with Crippen molar-refractivity contribution in [2.24, 2.45) is 0 Å². The Morgan fingerprint density at radius 2 is 2.36 bits per heavy atom. The molecule has 14 heavy (non-hydrogen) atoms. The van der Waals surface area contributed by atoms with Gasteiger partial charge in [0.1, 0.15) is 6.33 Å². The molecule has 0 amide bonds. The molecular formula is C9H8BrN3O. The lowest BCUT2D eigenvalue weighted by molar-refractivity contribution is 0.761. The van der Waals surface area contributed by atoms with Crippen molar-refractivity contribution in [2.45, 2.75) is 6.54 Å². The molecule has 0 spiro atoms. The molecule has 0 saturated carbocycles. The number of halogens is 1. The Labute approximate surface area is 88.7 Å². The van der Waals surface area contributed by atoms with Gasteiger partial charge in [-0.3, -0.25) is 4.57 Å². The summed E-state index contributed by atoms with van der Waals surface area (Å²) in [7, 11) is 0. The summed E-state index contributed by atoms with van der Waals surface area (Å²) < 4.78 is 2.52. The molecule has 2 aromatic rings. The molecule has 0 aliphatic carbocycles. The fourth-order valence-corrected chi connectivity index (χ4v) is 1.66. The van der Waals surface area contributed by atoms with Gasteiger partial charge in [0.15, 0.2) is 0 Å². The van der Waals surface area contributed by atoms with Crippen LogP contribution in [0, 0.1) is 0 Å². The molecule has 2 rings (SSSR count). The van der Waals surface area contributed by atoms with Crippen molar-refractivity contribution in [3.8, 4) is 0 Å². The molecule has 0 aliphatic rings. The van der Waals surface area contributed by atoms with Crippen LogP contribution in [-0.2, 0) is 6.54 Å². The van der Waals surface area contributed by atoms with E-state index < -0.39 is 0 Å². The van der Waals surface area contributed by atoms with Gasteiger partial charge in [0.2, 0.25) is 0 Å². The minimum Gasteiger partial charge on any atom is -0.277 e. The molecule has 5 heteroatoms. The van der Waals surface area contributed by atoms with Crippen LogP contribution in [0.1, 0.15) is 5.56 Å². The minimum absolute atomic E-state index is 0.190. The predicted octanol–water partition coefficient (Wildman–Crippen LogP) is 1.38. The smallest absolute Gasteiger partial charge is 0.277 e. The first kappa shape index (κ1) is 9.21. The fourth-order valence-electron chi connectivity index (χ4n) is 1.22. The molecular weight excluding hydrogens is 246 g/mol. The van der Waals surface area contributed by atoms with E-state index in [1.165, 1.54) is 10.9 Å². The Morgan fingerprint density at radius 3 is 3.00 bits per heavy atom. The predicted molar refractivity (Wildman–Crippen MR) is 56.1 cm³/mol. The van der Waals surface area contributed by atoms with Crippen LogP contribution in [0.25, 0.3) is 0 Å². The average Bonchev–Trinajstić information content (AvgIpc) is 2.52. The molecule has 4 nitrogen and oxygen atoms in total. The highest BCUT2D eigenvalue weighted by Gasteiger charge is 1.98. The summed E-state index contributed by atoms with van der Waals surface area (Å²) >= 11 is 3.37. The van der Waals surface area contributed by atoms with E-state index in [1.54, 1.807) is 0 Å². The van der Waals surface area contributed by atoms with E-state index in [-0.39, 0.29) is 5.69 Å². The van der Waals surface area contributed by atoms with Gasteiger partial charge in [-0.05, 0) is 17.7 Å². The second-order valence-electron chi connectivity index (χ2n) is 2.92. The lowest BCUT2D eigenvalue weighted by atomic mass is 10.2. The summed E-state index contributed by atoms with van der Waals surface area (Å²) in [6, 6.07) is 7.82. The molecule has 0 radical (unpaired) electrons. The number of hydrogen-bond donors (Lipinski definition) is 1. The Morgan fingerprint density at radius 1 is 1.50 bits per heavy atom. The molecule has 1 N–H and O–H groups in total. The second kappa shape index (κ2) is 3.79. The molecule has 1 aromatic carbocycles. The topological polar surface area (TPSA) is 50.7 Å². The SMILES string of the molecule is O=c1[nH]ncn1Cc1cccc(Br)c1. The van der Waals surface area contributed by atoms with Crippen molar-refractivity contribution < 1.29 is 0 Å². The quantitative estimate of drug-likeness (QED) is 0.880. The first-order valence-electron chi connectivity index (χ1n) is 4.10. The minimum atomic E-state index is -0.190. The molecule has 0 aliphatic heterocycles. The third-order valence-electron chi connectivity index (χ3n) is 1.86. The van der Waals surface area contributed by atoms with Crippen molar-refractivity contribution in [2.75, 3.05) is 0 Å². The molecule has 72 valence electrons. The van der Waals surface area contributed by atoms with Crippen molar-refractivity contribution in [1.82, 2.24) is 14.8 Å². The summed E-state index contributed by atoms with van der Waals surface area (Å²) in [5.74, 6) is 0. The van der Waals surface area contributed by atoms with Gasteiger partial charge in [-0.2, -0.15) is 5.10 Å². The highest BCUT2D eigenvalue weighted by molar-refractivity contribution is 9.10. The first-order chi connectivity index (χ1) is 6.75. The van der Waals surface area contributed by atoms with E-state index in [0.29, 0.717) is 6.54 Å². The second-order valence-corrected chi connectivity index (χ2v) is 3.84. The zero-order valence-corrected chi connectivity index (χ0v) is 8.86. The highest BCUT2D eigenvalue weighted by Crippen LogP contribution is 2.11. The fraction of sp³-hybridized carbons (Fsp3) is 0.111. The van der Waals surface area contributed by atoms with Crippen molar-refractivity contribution in [3.63, 3.8) is 0 Å². The number of nitrogens with zero attached hydrogens (tertiary/aromatic N) is 2. The lowest BCUT2D eigenvalue weighted by Crippen LogP contribution is -2.16. The Kier molecular flexibility index (Phi) is 2.49. The average molecular weight is 254 g/mol. The van der Waals surface area contributed by atoms with Crippen molar-refractivity contribution in [3.05, 3.63) is 51.1 Å². The summed E-state index contributed by atoms with van der Waals surface area (Å²) in [5.41, 5.74) is 0.868. The maximum Gasteiger partial charge on any atom is 0.343 e. The zero-order chi connectivity index (χ0) is 9.97. The maximum atomic E-state index is 11.1. The van der Waals surface area contributed by atoms with Crippen LogP contribution in [0.4, 0.5) is 0 Å². The van der Waals surface area contributed by atoms with Crippen molar-refractivity contribution in [1.29, 1.82) is 0 Å². The monoisotopic (exact) mass is 253 g/mol. The highest BCUT2D eigenvalue weighted by atomic mass is 79.9. The summed E-state index contributed by atoms with van der Waals surface area (Å²) in [6.07, 6.45) is 1.49. The van der Waals surface area contributed by atoms with E-state index >= 15 is 0 Å². The third-order valence-corrected chi connectivity index (χ3v) is 2.35. The number of aromatic nitrogens is 3. The van der Waals surface area contributed by atoms with Crippen LogP contribution in [0.3, 0.4) is 0 Å². The number of H-pyrrole nitrogens is 1. The molecule has 1 heterocycles. The Hall–Kier alpha value is -1.36. The van der Waals surface area contributed by atoms with Crippen LogP contribution in [0.15, 0.2) is 39.9 Å². The van der Waals surface area contributed by atoms with Gasteiger partial charge in [0.25, 0.3) is 0 Å². The van der Waals surface area contributed by atoms with Crippen LogP contribution < -0.4 is 5.69 Å². The summed E-state index contributed by atoms with van der Waals surface area (Å²) in [5, 5.41) is 6.00. The van der Waals surface area contributed by atoms with Gasteiger partial charge < -0.3 is 0 Å². The van der Waals surface area contributed by atoms with Gasteiger partial charge in [-0.25, -0.2) is 9.89 Å². The largest absolute Gasteiger partial charge is 0.343 e. The van der Waals surface area contributed by atoms with Gasteiger partial charge >= 0.3 is 5.69 Å². The van der Waals surface area contributed by atoms with Crippen LogP contribution in [0.2, 0.25) is 0 Å². The standard InChI is InChI=1S/C9H8BrN3O/c10-8-3-1-2-7(4-8)5-13-6-11-12-9(13)14/h1-4,6H,5H2,(H,12,14). The van der Waals surface area contributed by atoms with E-state index in [0.717, 1.165) is 10.0 Å². The van der Waals surface area contributed by atoms with E-state index in [1.807, 2.05) is 24.3 Å². The Bertz CT molecular complexity index is 489. The van der Waals surface area contributed by atoms with Crippen LogP contribution >= 0.6 is 15.9 Å². The number of benzene rings is 1. The molecule has 0 saturated heterocycles. The van der Waals surface area contributed by atoms with Gasteiger partial charge in [-0.15, -0.1) is 0 Å². The van der Waals surface area contributed by atoms with E-state index in [2.05, 4.69) is 26.1 Å². The Balaban J connectivity index is 2.27. The zero-order valence-electron chi connectivity index (χ0n) is 7.27. The normalized spacial score (nSPS) is 10.4. The van der Waals surface area contributed by atoms with Gasteiger partial charge in [0, 0.05) is 4.47 Å². The lowest BCUT2D eigenvalue weighted by Gasteiger charge is -2.00. The van der Waals surface area contributed by atoms with Gasteiger partial charge in [0.05, 0.1) is 6.54 Å². The number of hydrogen-bond acceptors (Lipinski definition) is 2. The number of aromatic amines is 1. The molecule has 0 bridgehead atoms. The van der Waals surface area contributed by atoms with E-state index in [9.17, 15) is 4.79 Å². The van der Waals surface area contributed by atoms with E-state index in [4.69, 9.17) is 0 Å². The molecule has 0 atom stereocenters. The van der Waals surface area contributed by atoms with Crippen molar-refractivity contribution >= 4 is 15.9 Å². The van der Waals surface area contributed by atoms with Crippen LogP contribution in [-0.4, -0.2) is 14.8 Å². The van der Waals surface area contributed by atoms with Crippen LogP contribution in [0.5, 0.6) is 0 Å². The first-order valence-corrected chi connectivity index (χ1v) is 4.89.